The topological polar surface area (TPSA) is 94.6 Å². The third kappa shape index (κ3) is 3.51. The summed E-state index contributed by atoms with van der Waals surface area (Å²) in [6.45, 7) is 0.0401. The van der Waals surface area contributed by atoms with Crippen molar-refractivity contribution >= 4 is 33.6 Å². The molecule has 1 unspecified atom stereocenters. The molecule has 158 valence electrons. The molecule has 0 aliphatic carbocycles. The van der Waals surface area contributed by atoms with E-state index in [9.17, 15) is 23.5 Å². The molecule has 4 rings (SSSR count). The molecule has 6 nitrogen and oxygen atoms in total. The second-order valence-corrected chi connectivity index (χ2v) is 7.10. The van der Waals surface area contributed by atoms with Gasteiger partial charge in [-0.2, -0.15) is 0 Å². The SMILES string of the molecule is COC(=O)C(N)c1c(C(=O)O)n(Cc2cccc3ccc(F)cc23)c2ccc(F)cc12. The van der Waals surface area contributed by atoms with E-state index in [1.165, 1.54) is 28.8 Å². The largest absolute Gasteiger partial charge is 0.477 e. The minimum atomic E-state index is -1.42. The van der Waals surface area contributed by atoms with Crippen molar-refractivity contribution in [2.75, 3.05) is 7.11 Å². The van der Waals surface area contributed by atoms with E-state index in [4.69, 9.17) is 5.73 Å². The minimum Gasteiger partial charge on any atom is -0.477 e. The Balaban J connectivity index is 2.01. The van der Waals surface area contributed by atoms with E-state index >= 15 is 0 Å². The number of fused-ring (bicyclic) bond motifs is 2. The molecule has 31 heavy (non-hydrogen) atoms. The molecule has 4 aromatic rings. The standard InChI is InChI=1S/C23H18F2N2O4/c1-31-23(30)20(26)19-17-10-15(25)7-8-18(17)27(21(19)22(28)29)11-13-4-2-3-12-5-6-14(24)9-16(12)13/h2-10,20H,11,26H2,1H3,(H,28,29). The molecule has 8 heteroatoms. The van der Waals surface area contributed by atoms with Gasteiger partial charge in [-0.3, -0.25) is 4.79 Å². The number of nitrogens with two attached hydrogens (primary N) is 1. The maximum atomic E-state index is 14.0. The molecule has 0 saturated carbocycles. The predicted octanol–water partition coefficient (Wildman–Crippen LogP) is 3.99. The Hall–Kier alpha value is -3.78. The molecular formula is C23H18F2N2O4. The van der Waals surface area contributed by atoms with Crippen LogP contribution >= 0.6 is 0 Å². The molecular weight excluding hydrogens is 406 g/mol. The highest BCUT2D eigenvalue weighted by Crippen LogP contribution is 2.33. The average molecular weight is 424 g/mol. The van der Waals surface area contributed by atoms with Gasteiger partial charge in [0.05, 0.1) is 7.11 Å². The number of methoxy groups -OCH3 is 1. The van der Waals surface area contributed by atoms with Gasteiger partial charge in [0.15, 0.2) is 0 Å². The first-order valence-electron chi connectivity index (χ1n) is 9.37. The second-order valence-electron chi connectivity index (χ2n) is 7.10. The van der Waals surface area contributed by atoms with Crippen LogP contribution in [0.3, 0.4) is 0 Å². The number of ether oxygens (including phenoxy) is 1. The van der Waals surface area contributed by atoms with Gasteiger partial charge >= 0.3 is 11.9 Å². The molecule has 0 bridgehead atoms. The summed E-state index contributed by atoms with van der Waals surface area (Å²) >= 11 is 0. The van der Waals surface area contributed by atoms with Crippen LogP contribution in [0.15, 0.2) is 54.6 Å². The maximum absolute atomic E-state index is 14.0. The van der Waals surface area contributed by atoms with Crippen molar-refractivity contribution in [2.24, 2.45) is 5.73 Å². The highest BCUT2D eigenvalue weighted by molar-refractivity contribution is 6.01. The van der Waals surface area contributed by atoms with Crippen LogP contribution in [0.25, 0.3) is 21.7 Å². The van der Waals surface area contributed by atoms with Gasteiger partial charge in [-0.1, -0.05) is 24.3 Å². The van der Waals surface area contributed by atoms with E-state index in [0.717, 1.165) is 18.6 Å². The zero-order valence-corrected chi connectivity index (χ0v) is 16.4. The van der Waals surface area contributed by atoms with Crippen LogP contribution in [0, 0.1) is 11.6 Å². The van der Waals surface area contributed by atoms with E-state index < -0.39 is 29.6 Å². The number of nitrogens with zero attached hydrogens (tertiary/aromatic N) is 1. The molecule has 0 amide bonds. The van der Waals surface area contributed by atoms with Gasteiger partial charge in [-0.15, -0.1) is 0 Å². The molecule has 0 aliphatic heterocycles. The lowest BCUT2D eigenvalue weighted by Gasteiger charge is -2.13. The summed E-state index contributed by atoms with van der Waals surface area (Å²) in [5.74, 6) is -3.21. The van der Waals surface area contributed by atoms with Gasteiger partial charge in [0, 0.05) is 23.0 Å². The summed E-state index contributed by atoms with van der Waals surface area (Å²) in [4.78, 5) is 24.3. The van der Waals surface area contributed by atoms with Crippen LogP contribution in [0.5, 0.6) is 0 Å². The fourth-order valence-electron chi connectivity index (χ4n) is 3.93. The van der Waals surface area contributed by atoms with Crippen LogP contribution in [-0.2, 0) is 16.1 Å². The zero-order valence-electron chi connectivity index (χ0n) is 16.4. The zero-order chi connectivity index (χ0) is 22.3. The van der Waals surface area contributed by atoms with Crippen LogP contribution < -0.4 is 5.73 Å². The number of hydrogen-bond acceptors (Lipinski definition) is 4. The highest BCUT2D eigenvalue weighted by Gasteiger charge is 2.30. The molecule has 0 radical (unpaired) electrons. The Morgan fingerprint density at radius 1 is 1.06 bits per heavy atom. The van der Waals surface area contributed by atoms with E-state index in [2.05, 4.69) is 4.74 Å². The molecule has 0 aliphatic rings. The number of carboxylic acids is 1. The summed E-state index contributed by atoms with van der Waals surface area (Å²) in [6.07, 6.45) is 0. The van der Waals surface area contributed by atoms with Crippen molar-refractivity contribution < 1.29 is 28.2 Å². The lowest BCUT2D eigenvalue weighted by atomic mass is 10.0. The molecule has 0 spiro atoms. The first-order valence-corrected chi connectivity index (χ1v) is 9.37. The highest BCUT2D eigenvalue weighted by atomic mass is 19.1. The van der Waals surface area contributed by atoms with Gasteiger partial charge in [0.2, 0.25) is 0 Å². The first kappa shape index (κ1) is 20.5. The number of halogens is 2. The number of aromatic nitrogens is 1. The normalized spacial score (nSPS) is 12.3. The number of benzene rings is 3. The van der Waals surface area contributed by atoms with Crippen LogP contribution in [0.1, 0.15) is 27.7 Å². The fourth-order valence-corrected chi connectivity index (χ4v) is 3.93. The molecule has 3 N–H and O–H groups in total. The maximum Gasteiger partial charge on any atom is 0.352 e. The fraction of sp³-hybridized carbons (Fsp3) is 0.130. The Labute approximate surface area is 175 Å². The molecule has 0 saturated heterocycles. The number of hydrogen-bond donors (Lipinski definition) is 2. The van der Waals surface area contributed by atoms with Gasteiger partial charge in [-0.25, -0.2) is 13.6 Å². The predicted molar refractivity (Wildman–Crippen MR) is 111 cm³/mol. The summed E-state index contributed by atoms with van der Waals surface area (Å²) in [5, 5.41) is 11.6. The van der Waals surface area contributed by atoms with Crippen LogP contribution in [-0.4, -0.2) is 28.7 Å². The van der Waals surface area contributed by atoms with Crippen molar-refractivity contribution in [3.8, 4) is 0 Å². The third-order valence-corrected chi connectivity index (χ3v) is 5.30. The summed E-state index contributed by atoms with van der Waals surface area (Å²) in [6, 6.07) is 12.0. The van der Waals surface area contributed by atoms with Crippen molar-refractivity contribution in [1.82, 2.24) is 4.57 Å². The van der Waals surface area contributed by atoms with Crippen molar-refractivity contribution in [2.45, 2.75) is 12.6 Å². The third-order valence-electron chi connectivity index (χ3n) is 5.30. The minimum absolute atomic E-state index is 0.0401. The summed E-state index contributed by atoms with van der Waals surface area (Å²) in [5.41, 5.74) is 6.73. The summed E-state index contributed by atoms with van der Waals surface area (Å²) in [7, 11) is 1.13. The van der Waals surface area contributed by atoms with Crippen molar-refractivity contribution in [3.63, 3.8) is 0 Å². The van der Waals surface area contributed by atoms with E-state index in [0.29, 0.717) is 16.5 Å². The Morgan fingerprint density at radius 2 is 1.74 bits per heavy atom. The summed E-state index contributed by atoms with van der Waals surface area (Å²) < 4.78 is 34.0. The Kier molecular flexibility index (Phi) is 5.16. The molecule has 1 aromatic heterocycles. The van der Waals surface area contributed by atoms with Crippen LogP contribution in [0.4, 0.5) is 8.78 Å². The number of aromatic carboxylic acids is 1. The monoisotopic (exact) mass is 424 g/mol. The lowest BCUT2D eigenvalue weighted by molar-refractivity contribution is -0.142. The van der Waals surface area contributed by atoms with Gasteiger partial charge < -0.3 is 20.1 Å². The number of carboxylic acid groups (broad SMARTS) is 1. The number of rotatable bonds is 5. The molecule has 1 atom stereocenters. The number of carbonyl (C=O) groups excluding carboxylic acids is 1. The first-order chi connectivity index (χ1) is 14.8. The molecule has 0 fully saturated rings. The van der Waals surface area contributed by atoms with Gasteiger partial charge in [0.1, 0.15) is 23.4 Å². The Morgan fingerprint density at radius 3 is 2.42 bits per heavy atom. The van der Waals surface area contributed by atoms with Crippen molar-refractivity contribution in [3.05, 3.63) is 83.1 Å². The van der Waals surface area contributed by atoms with E-state index in [1.54, 1.807) is 18.2 Å². The van der Waals surface area contributed by atoms with Gasteiger partial charge in [0.25, 0.3) is 0 Å². The lowest BCUT2D eigenvalue weighted by Crippen LogP contribution is -2.25. The average Bonchev–Trinajstić information content (AvgIpc) is 3.06. The second kappa shape index (κ2) is 7.81. The molecule has 3 aromatic carbocycles. The van der Waals surface area contributed by atoms with E-state index in [-0.39, 0.29) is 23.2 Å². The number of carbonyl (C=O) groups is 2. The van der Waals surface area contributed by atoms with Crippen molar-refractivity contribution in [1.29, 1.82) is 0 Å². The smallest absolute Gasteiger partial charge is 0.352 e. The van der Waals surface area contributed by atoms with Crippen LogP contribution in [0.2, 0.25) is 0 Å². The van der Waals surface area contributed by atoms with Gasteiger partial charge in [-0.05, 0) is 46.7 Å². The number of esters is 1. The Bertz CT molecular complexity index is 1350. The quantitative estimate of drug-likeness (QED) is 0.473. The van der Waals surface area contributed by atoms with E-state index in [1.807, 2.05) is 6.07 Å². The molecule has 1 heterocycles.